The third kappa shape index (κ3) is 3.09. The normalized spacial score (nSPS) is 15.2. The Balaban J connectivity index is 1.92. The minimum atomic E-state index is 0.110. The first-order valence-electron chi connectivity index (χ1n) is 7.42. The molecule has 0 aromatic carbocycles. The van der Waals surface area contributed by atoms with Gasteiger partial charge in [-0.2, -0.15) is 0 Å². The van der Waals surface area contributed by atoms with Crippen molar-refractivity contribution in [2.75, 3.05) is 7.11 Å². The second kappa shape index (κ2) is 6.12. The molecular weight excluding hydrogens is 282 g/mol. The van der Waals surface area contributed by atoms with E-state index in [4.69, 9.17) is 9.72 Å². The summed E-state index contributed by atoms with van der Waals surface area (Å²) < 4.78 is 5.14. The van der Waals surface area contributed by atoms with Crippen LogP contribution in [0.15, 0.2) is 18.3 Å². The molecule has 0 spiro atoms. The van der Waals surface area contributed by atoms with Gasteiger partial charge < -0.3 is 10.1 Å². The molecule has 5 heteroatoms. The summed E-state index contributed by atoms with van der Waals surface area (Å²) in [5.74, 6) is 0.642. The second-order valence-electron chi connectivity index (χ2n) is 5.66. The van der Waals surface area contributed by atoms with Gasteiger partial charge in [0.15, 0.2) is 0 Å². The van der Waals surface area contributed by atoms with E-state index in [1.54, 1.807) is 7.11 Å². The van der Waals surface area contributed by atoms with Gasteiger partial charge in [-0.1, -0.05) is 6.07 Å². The van der Waals surface area contributed by atoms with Crippen molar-refractivity contribution in [2.45, 2.75) is 45.2 Å². The van der Waals surface area contributed by atoms with Crippen LogP contribution in [0, 0.1) is 0 Å². The van der Waals surface area contributed by atoms with E-state index in [1.165, 1.54) is 23.4 Å². The fourth-order valence-corrected chi connectivity index (χ4v) is 3.90. The van der Waals surface area contributed by atoms with Crippen LogP contribution < -0.4 is 10.1 Å². The number of aromatic nitrogens is 2. The Morgan fingerprint density at radius 3 is 2.76 bits per heavy atom. The van der Waals surface area contributed by atoms with Crippen molar-refractivity contribution in [3.8, 4) is 5.88 Å². The number of aryl methyl sites for hydroxylation is 2. The number of nitrogens with one attached hydrogen (secondary N) is 1. The van der Waals surface area contributed by atoms with Crippen LogP contribution in [0.25, 0.3) is 0 Å². The molecule has 3 rings (SSSR count). The Hall–Kier alpha value is -1.46. The van der Waals surface area contributed by atoms with Crippen LogP contribution in [0.2, 0.25) is 0 Å². The molecule has 0 bridgehead atoms. The molecule has 21 heavy (non-hydrogen) atoms. The van der Waals surface area contributed by atoms with Gasteiger partial charge in [0.25, 0.3) is 0 Å². The minimum Gasteiger partial charge on any atom is -0.481 e. The number of rotatable bonds is 5. The maximum atomic E-state index is 5.14. The number of thiazole rings is 1. The first kappa shape index (κ1) is 14.5. The summed E-state index contributed by atoms with van der Waals surface area (Å²) in [6.45, 7) is 4.32. The average Bonchev–Trinajstić information content (AvgIpc) is 3.06. The molecule has 0 radical (unpaired) electrons. The predicted octanol–water partition coefficient (Wildman–Crippen LogP) is 3.12. The van der Waals surface area contributed by atoms with Crippen LogP contribution >= 0.6 is 11.3 Å². The maximum absolute atomic E-state index is 5.14. The number of hydrogen-bond acceptors (Lipinski definition) is 5. The van der Waals surface area contributed by atoms with Gasteiger partial charge in [0.05, 0.1) is 18.8 Å². The smallest absolute Gasteiger partial charge is 0.212 e. The summed E-state index contributed by atoms with van der Waals surface area (Å²) >= 11 is 1.84. The van der Waals surface area contributed by atoms with Gasteiger partial charge in [-0.25, -0.2) is 9.97 Å². The van der Waals surface area contributed by atoms with Crippen molar-refractivity contribution >= 4 is 11.3 Å². The van der Waals surface area contributed by atoms with Crippen molar-refractivity contribution in [1.29, 1.82) is 0 Å². The second-order valence-corrected chi connectivity index (χ2v) is 6.78. The van der Waals surface area contributed by atoms with E-state index in [0.29, 0.717) is 11.9 Å². The standard InChI is InChI=1S/C16H21N3OS/c1-10(2)18-15(11-7-8-14(20-3)17-9-11)16-19-12-5-4-6-13(12)21-16/h7-10,15,18H,4-6H2,1-3H3. The number of methoxy groups -OCH3 is 1. The van der Waals surface area contributed by atoms with E-state index in [0.717, 1.165) is 17.0 Å². The van der Waals surface area contributed by atoms with Gasteiger partial charge >= 0.3 is 0 Å². The van der Waals surface area contributed by atoms with Crippen LogP contribution in [-0.2, 0) is 12.8 Å². The lowest BCUT2D eigenvalue weighted by atomic mass is 10.1. The molecule has 0 aliphatic heterocycles. The molecular formula is C16H21N3OS. The molecule has 0 saturated heterocycles. The molecule has 0 amide bonds. The lowest BCUT2D eigenvalue weighted by molar-refractivity contribution is 0.397. The zero-order chi connectivity index (χ0) is 14.8. The largest absolute Gasteiger partial charge is 0.481 e. The molecule has 1 aliphatic rings. The van der Waals surface area contributed by atoms with E-state index >= 15 is 0 Å². The number of pyridine rings is 1. The highest BCUT2D eigenvalue weighted by atomic mass is 32.1. The van der Waals surface area contributed by atoms with Gasteiger partial charge in [0.1, 0.15) is 5.01 Å². The van der Waals surface area contributed by atoms with Gasteiger partial charge in [-0.05, 0) is 38.7 Å². The van der Waals surface area contributed by atoms with Crippen molar-refractivity contribution < 1.29 is 4.74 Å². The molecule has 2 aromatic rings. The Morgan fingerprint density at radius 1 is 1.29 bits per heavy atom. The van der Waals surface area contributed by atoms with E-state index in [1.807, 2.05) is 23.6 Å². The summed E-state index contributed by atoms with van der Waals surface area (Å²) in [7, 11) is 1.64. The van der Waals surface area contributed by atoms with Crippen LogP contribution in [0.5, 0.6) is 5.88 Å². The molecule has 2 heterocycles. The predicted molar refractivity (Wildman–Crippen MR) is 85.0 cm³/mol. The number of hydrogen-bond donors (Lipinski definition) is 1. The van der Waals surface area contributed by atoms with Crippen molar-refractivity contribution in [3.63, 3.8) is 0 Å². The molecule has 1 atom stereocenters. The molecule has 1 aliphatic carbocycles. The summed E-state index contributed by atoms with van der Waals surface area (Å²) in [5.41, 5.74) is 2.43. The average molecular weight is 303 g/mol. The fourth-order valence-electron chi connectivity index (χ4n) is 2.66. The van der Waals surface area contributed by atoms with Crippen LogP contribution in [-0.4, -0.2) is 23.1 Å². The zero-order valence-corrected chi connectivity index (χ0v) is 13.5. The highest BCUT2D eigenvalue weighted by Crippen LogP contribution is 2.33. The Kier molecular flexibility index (Phi) is 4.22. The first-order chi connectivity index (χ1) is 10.2. The summed E-state index contributed by atoms with van der Waals surface area (Å²) in [4.78, 5) is 10.6. The lowest BCUT2D eigenvalue weighted by Gasteiger charge is -2.19. The van der Waals surface area contributed by atoms with E-state index < -0.39 is 0 Å². The summed E-state index contributed by atoms with van der Waals surface area (Å²) in [5, 5.41) is 4.76. The molecule has 112 valence electrons. The van der Waals surface area contributed by atoms with Crippen LogP contribution in [0.1, 0.15) is 47.5 Å². The highest BCUT2D eigenvalue weighted by molar-refractivity contribution is 7.11. The minimum absolute atomic E-state index is 0.110. The van der Waals surface area contributed by atoms with Gasteiger partial charge in [-0.15, -0.1) is 11.3 Å². The maximum Gasteiger partial charge on any atom is 0.212 e. The topological polar surface area (TPSA) is 47.0 Å². The quantitative estimate of drug-likeness (QED) is 0.922. The molecule has 0 saturated carbocycles. The monoisotopic (exact) mass is 303 g/mol. The third-order valence-electron chi connectivity index (χ3n) is 3.66. The molecule has 1 N–H and O–H groups in total. The molecule has 1 unspecified atom stereocenters. The summed E-state index contributed by atoms with van der Waals surface area (Å²) in [6.07, 6.45) is 5.44. The Bertz CT molecular complexity index is 585. The van der Waals surface area contributed by atoms with Crippen molar-refractivity contribution in [2.24, 2.45) is 0 Å². The summed E-state index contributed by atoms with van der Waals surface area (Å²) in [6, 6.07) is 4.47. The highest BCUT2D eigenvalue weighted by Gasteiger charge is 2.24. The van der Waals surface area contributed by atoms with E-state index in [-0.39, 0.29) is 6.04 Å². The zero-order valence-electron chi connectivity index (χ0n) is 12.7. The number of ether oxygens (including phenoxy) is 1. The van der Waals surface area contributed by atoms with E-state index in [9.17, 15) is 0 Å². The third-order valence-corrected chi connectivity index (χ3v) is 4.88. The molecule has 4 nitrogen and oxygen atoms in total. The van der Waals surface area contributed by atoms with E-state index in [2.05, 4.69) is 30.2 Å². The van der Waals surface area contributed by atoms with Crippen molar-refractivity contribution in [1.82, 2.24) is 15.3 Å². The SMILES string of the molecule is COc1ccc(C(NC(C)C)c2nc3c(s2)CCC3)cn1. The van der Waals surface area contributed by atoms with Gasteiger partial charge in [0.2, 0.25) is 5.88 Å². The van der Waals surface area contributed by atoms with Crippen LogP contribution in [0.4, 0.5) is 0 Å². The number of fused-ring (bicyclic) bond motifs is 1. The first-order valence-corrected chi connectivity index (χ1v) is 8.23. The van der Waals surface area contributed by atoms with Gasteiger partial charge in [0, 0.05) is 23.2 Å². The molecule has 2 aromatic heterocycles. The fraction of sp³-hybridized carbons (Fsp3) is 0.500. The number of nitrogens with zero attached hydrogens (tertiary/aromatic N) is 2. The molecule has 0 fully saturated rings. The van der Waals surface area contributed by atoms with Gasteiger partial charge in [-0.3, -0.25) is 0 Å². The van der Waals surface area contributed by atoms with Crippen LogP contribution in [0.3, 0.4) is 0 Å². The van der Waals surface area contributed by atoms with Crippen molar-refractivity contribution in [3.05, 3.63) is 39.5 Å². The Labute approximate surface area is 129 Å². The Morgan fingerprint density at radius 2 is 2.14 bits per heavy atom. The lowest BCUT2D eigenvalue weighted by Crippen LogP contribution is -2.29.